The molecule has 0 fully saturated rings. The molecule has 2 aromatic carbocycles. The van der Waals surface area contributed by atoms with Gasteiger partial charge in [-0.3, -0.25) is 9.59 Å². The zero-order chi connectivity index (χ0) is 29.6. The lowest BCUT2D eigenvalue weighted by Crippen LogP contribution is -2.45. The molecule has 0 spiro atoms. The van der Waals surface area contributed by atoms with Gasteiger partial charge in [0.1, 0.15) is 11.4 Å². The Bertz CT molecular complexity index is 1360. The molecule has 2 atom stereocenters. The fraction of sp³-hybridized carbons (Fsp3) is 0.387. The van der Waals surface area contributed by atoms with E-state index >= 15 is 0 Å². The molecule has 0 aliphatic rings. The van der Waals surface area contributed by atoms with Crippen molar-refractivity contribution < 1.29 is 19.4 Å². The number of aryl methyl sites for hydroxylation is 1. The van der Waals surface area contributed by atoms with Crippen molar-refractivity contribution in [3.05, 3.63) is 69.8 Å². The van der Waals surface area contributed by atoms with Crippen molar-refractivity contribution in [3.8, 4) is 28.1 Å². The molecule has 1 amide bonds. The Morgan fingerprint density at radius 2 is 1.70 bits per heavy atom. The number of nitrogens with one attached hydrogen (secondary N) is 1. The molecule has 1 unspecified atom stereocenters. The van der Waals surface area contributed by atoms with Crippen LogP contribution in [0.25, 0.3) is 22.4 Å². The Hall–Kier alpha value is -3.13. The minimum atomic E-state index is -0.976. The zero-order valence-electron chi connectivity index (χ0n) is 23.8. The number of carbonyl (C=O) groups excluding carboxylic acids is 1. The summed E-state index contributed by atoms with van der Waals surface area (Å²) < 4.78 is 6.00. The second-order valence-electron chi connectivity index (χ2n) is 10.6. The first-order valence-electron chi connectivity index (χ1n) is 13.3. The summed E-state index contributed by atoms with van der Waals surface area (Å²) in [6.07, 6.45) is 0.831. The third-order valence-electron chi connectivity index (χ3n) is 6.70. The van der Waals surface area contributed by atoms with Crippen molar-refractivity contribution in [2.45, 2.75) is 40.2 Å². The van der Waals surface area contributed by atoms with Crippen molar-refractivity contribution in [2.24, 2.45) is 11.8 Å². The maximum Gasteiger partial charge on any atom is 0.308 e. The fourth-order valence-corrected chi connectivity index (χ4v) is 4.83. The SMILES string of the molecule is Cc1ccc(Cl)c(-c2ccc(C(=O)N[C@@H](C(C)C)C(C)C(=O)O)nc2-c2ccc(Cl)c(OCCCN(C)C)c2)c1. The molecule has 3 rings (SSSR count). The van der Waals surface area contributed by atoms with Crippen LogP contribution >= 0.6 is 23.2 Å². The van der Waals surface area contributed by atoms with Crippen LogP contribution < -0.4 is 10.1 Å². The molecule has 1 heterocycles. The Kier molecular flexibility index (Phi) is 11.0. The summed E-state index contributed by atoms with van der Waals surface area (Å²) >= 11 is 13.1. The highest BCUT2D eigenvalue weighted by molar-refractivity contribution is 6.33. The largest absolute Gasteiger partial charge is 0.492 e. The molecule has 0 saturated heterocycles. The molecule has 40 heavy (non-hydrogen) atoms. The number of aromatic nitrogens is 1. The van der Waals surface area contributed by atoms with Gasteiger partial charge in [-0.2, -0.15) is 0 Å². The molecule has 2 N–H and O–H groups in total. The molecular weight excluding hydrogens is 549 g/mol. The highest BCUT2D eigenvalue weighted by Gasteiger charge is 2.29. The van der Waals surface area contributed by atoms with E-state index in [1.807, 2.05) is 71.3 Å². The minimum absolute atomic E-state index is 0.0941. The predicted octanol–water partition coefficient (Wildman–Crippen LogP) is 6.84. The Balaban J connectivity index is 2.07. The van der Waals surface area contributed by atoms with Gasteiger partial charge in [-0.25, -0.2) is 4.98 Å². The van der Waals surface area contributed by atoms with Crippen molar-refractivity contribution in [1.82, 2.24) is 15.2 Å². The van der Waals surface area contributed by atoms with Gasteiger partial charge in [0.2, 0.25) is 0 Å². The fourth-order valence-electron chi connectivity index (χ4n) is 4.44. The van der Waals surface area contributed by atoms with Crippen LogP contribution in [0.1, 0.15) is 43.2 Å². The van der Waals surface area contributed by atoms with E-state index < -0.39 is 23.8 Å². The van der Waals surface area contributed by atoms with Crippen molar-refractivity contribution in [3.63, 3.8) is 0 Å². The van der Waals surface area contributed by atoms with Gasteiger partial charge in [-0.1, -0.05) is 54.7 Å². The van der Waals surface area contributed by atoms with Crippen LogP contribution in [0.4, 0.5) is 0 Å². The van der Waals surface area contributed by atoms with E-state index in [0.29, 0.717) is 33.7 Å². The van der Waals surface area contributed by atoms with E-state index in [2.05, 4.69) is 10.2 Å². The lowest BCUT2D eigenvalue weighted by molar-refractivity contribution is -0.142. The number of carboxylic acids is 1. The zero-order valence-corrected chi connectivity index (χ0v) is 25.3. The molecule has 0 bridgehead atoms. The highest BCUT2D eigenvalue weighted by Crippen LogP contribution is 2.38. The molecule has 214 valence electrons. The van der Waals surface area contributed by atoms with Gasteiger partial charge < -0.3 is 20.1 Å². The lowest BCUT2D eigenvalue weighted by atomic mass is 9.91. The summed E-state index contributed by atoms with van der Waals surface area (Å²) in [5, 5.41) is 13.4. The van der Waals surface area contributed by atoms with Crippen LogP contribution in [0, 0.1) is 18.8 Å². The van der Waals surface area contributed by atoms with Gasteiger partial charge in [-0.05, 0) is 76.7 Å². The number of ether oxygens (including phenoxy) is 1. The number of pyridine rings is 1. The summed E-state index contributed by atoms with van der Waals surface area (Å²) in [6, 6.07) is 14.0. The van der Waals surface area contributed by atoms with E-state index in [4.69, 9.17) is 32.9 Å². The van der Waals surface area contributed by atoms with Gasteiger partial charge in [0.15, 0.2) is 0 Å². The number of aliphatic carboxylic acids is 1. The number of nitrogens with zero attached hydrogens (tertiary/aromatic N) is 2. The van der Waals surface area contributed by atoms with Crippen LogP contribution in [-0.4, -0.2) is 60.2 Å². The number of carboxylic acid groups (broad SMARTS) is 1. The molecule has 0 aliphatic carbocycles. The Labute approximate surface area is 246 Å². The van der Waals surface area contributed by atoms with E-state index in [9.17, 15) is 14.7 Å². The summed E-state index contributed by atoms with van der Waals surface area (Å²) in [5.41, 5.74) is 3.94. The molecule has 0 radical (unpaired) electrons. The number of carbonyl (C=O) groups is 2. The third-order valence-corrected chi connectivity index (χ3v) is 7.34. The lowest BCUT2D eigenvalue weighted by Gasteiger charge is -2.26. The number of hydrogen-bond donors (Lipinski definition) is 2. The summed E-state index contributed by atoms with van der Waals surface area (Å²) in [4.78, 5) is 31.9. The first-order valence-corrected chi connectivity index (χ1v) is 14.0. The molecule has 0 saturated carbocycles. The topological polar surface area (TPSA) is 91.8 Å². The second-order valence-corrected chi connectivity index (χ2v) is 11.4. The number of rotatable bonds is 12. The number of hydrogen-bond acceptors (Lipinski definition) is 5. The normalized spacial score (nSPS) is 12.8. The first kappa shape index (κ1) is 31.4. The Morgan fingerprint density at radius 3 is 2.35 bits per heavy atom. The molecule has 3 aromatic rings. The number of amides is 1. The Morgan fingerprint density at radius 1 is 1.00 bits per heavy atom. The van der Waals surface area contributed by atoms with Crippen LogP contribution in [-0.2, 0) is 4.79 Å². The third kappa shape index (κ3) is 7.96. The number of benzene rings is 2. The van der Waals surface area contributed by atoms with E-state index in [-0.39, 0.29) is 11.6 Å². The van der Waals surface area contributed by atoms with Crippen LogP contribution in [0.2, 0.25) is 10.0 Å². The average Bonchev–Trinajstić information content (AvgIpc) is 2.90. The maximum absolute atomic E-state index is 13.3. The molecule has 9 heteroatoms. The van der Waals surface area contributed by atoms with Gasteiger partial charge in [0.05, 0.1) is 23.2 Å². The molecule has 0 aliphatic heterocycles. The average molecular weight is 587 g/mol. The van der Waals surface area contributed by atoms with Crippen molar-refractivity contribution >= 4 is 35.1 Å². The van der Waals surface area contributed by atoms with E-state index in [1.54, 1.807) is 19.1 Å². The quantitative estimate of drug-likeness (QED) is 0.226. The van der Waals surface area contributed by atoms with Crippen molar-refractivity contribution in [1.29, 1.82) is 0 Å². The van der Waals surface area contributed by atoms with Crippen LogP contribution in [0.5, 0.6) is 5.75 Å². The van der Waals surface area contributed by atoms with E-state index in [1.165, 1.54) is 0 Å². The minimum Gasteiger partial charge on any atom is -0.492 e. The summed E-state index contributed by atoms with van der Waals surface area (Å²) in [6.45, 7) is 8.69. The highest BCUT2D eigenvalue weighted by atomic mass is 35.5. The second kappa shape index (κ2) is 14.0. The predicted molar refractivity (Wildman–Crippen MR) is 161 cm³/mol. The van der Waals surface area contributed by atoms with Gasteiger partial charge in [0, 0.05) is 34.3 Å². The summed E-state index contributed by atoms with van der Waals surface area (Å²) in [7, 11) is 4.01. The molecule has 1 aromatic heterocycles. The standard InChI is InChI=1S/C31H37Cl2N3O4/c1-18(2)28(20(4)31(38)39)35-30(37)26-13-10-22(23-16-19(3)8-11-24(23)32)29(34-26)21-9-12-25(33)27(17-21)40-15-7-14-36(5)6/h8-13,16-18,20,28H,7,14-15H2,1-6H3,(H,35,37)(H,38,39)/t20?,28-/m0/s1. The monoisotopic (exact) mass is 585 g/mol. The molecule has 7 nitrogen and oxygen atoms in total. The molecular formula is C31H37Cl2N3O4. The number of halogens is 2. The van der Waals surface area contributed by atoms with Gasteiger partial charge in [-0.15, -0.1) is 0 Å². The van der Waals surface area contributed by atoms with Crippen LogP contribution in [0.15, 0.2) is 48.5 Å². The van der Waals surface area contributed by atoms with E-state index in [0.717, 1.165) is 29.7 Å². The first-order chi connectivity index (χ1) is 18.9. The van der Waals surface area contributed by atoms with Gasteiger partial charge >= 0.3 is 5.97 Å². The summed E-state index contributed by atoms with van der Waals surface area (Å²) in [5.74, 6) is -1.77. The van der Waals surface area contributed by atoms with Crippen LogP contribution in [0.3, 0.4) is 0 Å². The van der Waals surface area contributed by atoms with Gasteiger partial charge in [0.25, 0.3) is 5.91 Å². The maximum atomic E-state index is 13.3. The van der Waals surface area contributed by atoms with Crippen molar-refractivity contribution in [2.75, 3.05) is 27.2 Å². The smallest absolute Gasteiger partial charge is 0.308 e.